The molecule has 0 bridgehead atoms. The molecule has 1 heterocycles. The van der Waals surface area contributed by atoms with Crippen LogP contribution >= 0.6 is 0 Å². The maximum atomic E-state index is 12.6. The summed E-state index contributed by atoms with van der Waals surface area (Å²) in [6, 6.07) is 17.5. The van der Waals surface area contributed by atoms with Crippen LogP contribution in [0.2, 0.25) is 0 Å². The van der Waals surface area contributed by atoms with Crippen molar-refractivity contribution in [1.29, 1.82) is 0 Å². The summed E-state index contributed by atoms with van der Waals surface area (Å²) in [6.45, 7) is 3.28. The van der Waals surface area contributed by atoms with Gasteiger partial charge in [0.25, 0.3) is 5.56 Å². The van der Waals surface area contributed by atoms with Gasteiger partial charge < -0.3 is 5.11 Å². The van der Waals surface area contributed by atoms with Crippen LogP contribution in [0.4, 0.5) is 0 Å². The van der Waals surface area contributed by atoms with Crippen LogP contribution in [-0.2, 0) is 13.1 Å². The molecule has 2 aromatic carbocycles. The van der Waals surface area contributed by atoms with Gasteiger partial charge in [-0.3, -0.25) is 9.69 Å². The van der Waals surface area contributed by atoms with E-state index in [1.54, 1.807) is 6.07 Å². The Morgan fingerprint density at radius 1 is 1.08 bits per heavy atom. The Morgan fingerprint density at radius 3 is 2.44 bits per heavy atom. The smallest absolute Gasteiger partial charge is 0.274 e. The van der Waals surface area contributed by atoms with Crippen LogP contribution in [0.25, 0.3) is 10.8 Å². The molecule has 3 rings (SSSR count). The number of nitrogens with zero attached hydrogens (tertiary/aromatic N) is 3. The molecule has 0 fully saturated rings. The van der Waals surface area contributed by atoms with Gasteiger partial charge in [-0.2, -0.15) is 5.10 Å². The van der Waals surface area contributed by atoms with E-state index in [0.29, 0.717) is 11.9 Å². The minimum atomic E-state index is -0.667. The van der Waals surface area contributed by atoms with Crippen molar-refractivity contribution in [1.82, 2.24) is 14.7 Å². The van der Waals surface area contributed by atoms with Gasteiger partial charge in [-0.05, 0) is 25.6 Å². The summed E-state index contributed by atoms with van der Waals surface area (Å²) in [6.07, 6.45) is -0.667. The molecule has 0 spiro atoms. The summed E-state index contributed by atoms with van der Waals surface area (Å²) in [5.41, 5.74) is 1.82. The van der Waals surface area contributed by atoms with Gasteiger partial charge in [0.1, 0.15) is 0 Å². The van der Waals surface area contributed by atoms with Crippen LogP contribution in [0.3, 0.4) is 0 Å². The molecule has 5 heteroatoms. The fourth-order valence-corrected chi connectivity index (χ4v) is 3.11. The monoisotopic (exact) mass is 337 g/mol. The number of hydrogen-bond acceptors (Lipinski definition) is 4. The summed E-state index contributed by atoms with van der Waals surface area (Å²) in [7, 11) is 1.96. The number of likely N-dealkylation sites (N-methyl/N-ethyl adjacent to an activating group) is 1. The van der Waals surface area contributed by atoms with Gasteiger partial charge in [-0.15, -0.1) is 0 Å². The highest BCUT2D eigenvalue weighted by Crippen LogP contribution is 2.12. The number of benzene rings is 2. The van der Waals surface area contributed by atoms with Gasteiger partial charge >= 0.3 is 0 Å². The molecule has 0 aliphatic carbocycles. The summed E-state index contributed by atoms with van der Waals surface area (Å²) in [5, 5.41) is 16.3. The highest BCUT2D eigenvalue weighted by molar-refractivity contribution is 5.83. The largest absolute Gasteiger partial charge is 0.390 e. The molecule has 5 nitrogen and oxygen atoms in total. The van der Waals surface area contributed by atoms with Gasteiger partial charge in [-0.25, -0.2) is 4.68 Å². The van der Waals surface area contributed by atoms with Crippen LogP contribution < -0.4 is 5.56 Å². The molecular formula is C20H23N3O2. The van der Waals surface area contributed by atoms with E-state index in [4.69, 9.17) is 0 Å². The Hall–Kier alpha value is -2.50. The fraction of sp³-hybridized carbons (Fsp3) is 0.300. The van der Waals surface area contributed by atoms with Crippen molar-refractivity contribution in [3.05, 3.63) is 76.2 Å². The lowest BCUT2D eigenvalue weighted by Crippen LogP contribution is -2.36. The molecule has 1 N–H and O–H groups in total. The lowest BCUT2D eigenvalue weighted by atomic mass is 10.1. The van der Waals surface area contributed by atoms with E-state index in [9.17, 15) is 9.90 Å². The van der Waals surface area contributed by atoms with Gasteiger partial charge in [0, 0.05) is 18.5 Å². The second-order valence-corrected chi connectivity index (χ2v) is 6.45. The van der Waals surface area contributed by atoms with Gasteiger partial charge in [0.15, 0.2) is 0 Å². The second-order valence-electron chi connectivity index (χ2n) is 6.45. The van der Waals surface area contributed by atoms with Crippen LogP contribution in [-0.4, -0.2) is 39.5 Å². The Labute approximate surface area is 147 Å². The Morgan fingerprint density at radius 2 is 1.72 bits per heavy atom. The number of aromatic nitrogens is 2. The summed E-state index contributed by atoms with van der Waals surface area (Å²) >= 11 is 0. The molecule has 25 heavy (non-hydrogen) atoms. The molecule has 0 saturated carbocycles. The van der Waals surface area contributed by atoms with Crippen molar-refractivity contribution in [3.63, 3.8) is 0 Å². The molecular weight excluding hydrogens is 314 g/mol. The Kier molecular flexibility index (Phi) is 5.26. The van der Waals surface area contributed by atoms with E-state index in [2.05, 4.69) is 17.2 Å². The predicted molar refractivity (Wildman–Crippen MR) is 99.5 cm³/mol. The topological polar surface area (TPSA) is 58.4 Å². The third-order valence-corrected chi connectivity index (χ3v) is 4.25. The summed E-state index contributed by atoms with van der Waals surface area (Å²) < 4.78 is 1.37. The molecule has 0 aliphatic rings. The molecule has 1 atom stereocenters. The fourth-order valence-electron chi connectivity index (χ4n) is 3.11. The highest BCUT2D eigenvalue weighted by Gasteiger charge is 2.13. The van der Waals surface area contributed by atoms with Crippen LogP contribution in [0, 0.1) is 6.92 Å². The van der Waals surface area contributed by atoms with E-state index >= 15 is 0 Å². The molecule has 0 aliphatic heterocycles. The maximum absolute atomic E-state index is 12.6. The molecule has 0 saturated heterocycles. The molecule has 130 valence electrons. The molecule has 0 unspecified atom stereocenters. The van der Waals surface area contributed by atoms with Crippen molar-refractivity contribution in [2.45, 2.75) is 26.1 Å². The predicted octanol–water partition coefficient (Wildman–Crippen LogP) is 2.20. The van der Waals surface area contributed by atoms with Crippen molar-refractivity contribution in [2.75, 3.05) is 13.6 Å². The van der Waals surface area contributed by atoms with Gasteiger partial charge in [0.05, 0.1) is 23.7 Å². The molecule has 0 radical (unpaired) electrons. The minimum Gasteiger partial charge on any atom is -0.390 e. The first kappa shape index (κ1) is 17.3. The molecule has 1 aromatic heterocycles. The SMILES string of the molecule is Cc1nn(C[C@H](O)CN(C)Cc2ccccc2)c(=O)c2ccccc12. The standard InChI is InChI=1S/C20H23N3O2/c1-15-18-10-6-7-11-19(18)20(25)23(21-15)14-17(24)13-22(2)12-16-8-4-3-5-9-16/h3-11,17,24H,12-14H2,1-2H3/t17-/m1/s1. The highest BCUT2D eigenvalue weighted by atomic mass is 16.3. The summed E-state index contributed by atoms with van der Waals surface area (Å²) in [5.74, 6) is 0. The summed E-state index contributed by atoms with van der Waals surface area (Å²) in [4.78, 5) is 14.6. The number of fused-ring (bicyclic) bond motifs is 1. The van der Waals surface area contributed by atoms with Crippen molar-refractivity contribution < 1.29 is 5.11 Å². The third-order valence-electron chi connectivity index (χ3n) is 4.25. The average Bonchev–Trinajstić information content (AvgIpc) is 2.60. The second kappa shape index (κ2) is 7.59. The Balaban J connectivity index is 1.70. The van der Waals surface area contributed by atoms with E-state index < -0.39 is 6.10 Å². The van der Waals surface area contributed by atoms with Crippen LogP contribution in [0.15, 0.2) is 59.4 Å². The van der Waals surface area contributed by atoms with E-state index in [1.807, 2.05) is 55.3 Å². The van der Waals surface area contributed by atoms with Crippen molar-refractivity contribution in [3.8, 4) is 0 Å². The number of rotatable bonds is 6. The Bertz CT molecular complexity index is 906. The minimum absolute atomic E-state index is 0.161. The van der Waals surface area contributed by atoms with Crippen molar-refractivity contribution in [2.24, 2.45) is 0 Å². The third kappa shape index (κ3) is 4.13. The zero-order valence-electron chi connectivity index (χ0n) is 14.6. The molecule has 3 aromatic rings. The average molecular weight is 337 g/mol. The first-order chi connectivity index (χ1) is 12.0. The van der Waals surface area contributed by atoms with Crippen LogP contribution in [0.5, 0.6) is 0 Å². The molecule has 0 amide bonds. The van der Waals surface area contributed by atoms with Crippen molar-refractivity contribution >= 4 is 10.8 Å². The van der Waals surface area contributed by atoms with E-state index in [1.165, 1.54) is 10.2 Å². The zero-order valence-corrected chi connectivity index (χ0v) is 14.6. The quantitative estimate of drug-likeness (QED) is 0.749. The van der Waals surface area contributed by atoms with E-state index in [0.717, 1.165) is 17.6 Å². The number of aliphatic hydroxyl groups is 1. The zero-order chi connectivity index (χ0) is 17.8. The first-order valence-electron chi connectivity index (χ1n) is 8.41. The number of aryl methyl sites for hydroxylation is 1. The van der Waals surface area contributed by atoms with Gasteiger partial charge in [-0.1, -0.05) is 48.5 Å². The van der Waals surface area contributed by atoms with E-state index in [-0.39, 0.29) is 12.1 Å². The lowest BCUT2D eigenvalue weighted by molar-refractivity contribution is 0.102. The van der Waals surface area contributed by atoms with Gasteiger partial charge in [0.2, 0.25) is 0 Å². The number of aliphatic hydroxyl groups excluding tert-OH is 1. The number of hydrogen-bond donors (Lipinski definition) is 1. The first-order valence-corrected chi connectivity index (χ1v) is 8.41. The normalized spacial score (nSPS) is 12.6. The maximum Gasteiger partial charge on any atom is 0.274 e. The van der Waals surface area contributed by atoms with Crippen LogP contribution in [0.1, 0.15) is 11.3 Å². The lowest BCUT2D eigenvalue weighted by Gasteiger charge is -2.21.